The number of rotatable bonds is 14. The molecule has 0 fully saturated rings. The summed E-state index contributed by atoms with van der Waals surface area (Å²) in [5.74, 6) is -5.77. The molecule has 0 atom stereocenters. The molecule has 352 valence electrons. The van der Waals surface area contributed by atoms with Crippen LogP contribution in [0.2, 0.25) is 0 Å². The van der Waals surface area contributed by atoms with E-state index >= 15 is 0 Å². The lowest BCUT2D eigenvalue weighted by atomic mass is 10.2. The van der Waals surface area contributed by atoms with E-state index in [2.05, 4.69) is 50.6 Å². The Kier molecular flexibility index (Phi) is 12.4. The molecular formula is C44H30F4N14O8. The van der Waals surface area contributed by atoms with Crippen LogP contribution in [0.15, 0.2) is 129 Å². The van der Waals surface area contributed by atoms with E-state index in [-0.39, 0.29) is 53.1 Å². The number of carbonyl (C=O) groups is 2. The summed E-state index contributed by atoms with van der Waals surface area (Å²) in [6.45, 7) is 0.115. The average Bonchev–Trinajstić information content (AvgIpc) is 4.21. The molecule has 0 amide bonds. The average molecular weight is 959 g/mol. The highest BCUT2D eigenvalue weighted by atomic mass is 19.1. The van der Waals surface area contributed by atoms with E-state index in [9.17, 15) is 36.7 Å². The molecule has 0 saturated heterocycles. The van der Waals surface area contributed by atoms with Crippen molar-refractivity contribution >= 4 is 11.9 Å². The van der Waals surface area contributed by atoms with E-state index in [1.165, 1.54) is 40.2 Å². The van der Waals surface area contributed by atoms with Crippen molar-refractivity contribution in [2.45, 2.75) is 25.9 Å². The van der Waals surface area contributed by atoms with Gasteiger partial charge in [0, 0.05) is 46.8 Å². The summed E-state index contributed by atoms with van der Waals surface area (Å²) >= 11 is 0. The van der Waals surface area contributed by atoms with Crippen molar-refractivity contribution in [1.82, 2.24) is 69.4 Å². The van der Waals surface area contributed by atoms with Crippen LogP contribution in [-0.4, -0.2) is 91.5 Å². The lowest BCUT2D eigenvalue weighted by Crippen LogP contribution is -2.21. The zero-order valence-corrected chi connectivity index (χ0v) is 35.4. The number of nitrogens with one attached hydrogen (secondary N) is 2. The van der Waals surface area contributed by atoms with E-state index in [0.717, 1.165) is 28.0 Å². The first-order valence-corrected chi connectivity index (χ1v) is 20.3. The molecule has 8 aromatic heterocycles. The highest BCUT2D eigenvalue weighted by Crippen LogP contribution is 2.28. The van der Waals surface area contributed by atoms with E-state index < -0.39 is 65.0 Å². The second-order valence-electron chi connectivity index (χ2n) is 14.9. The summed E-state index contributed by atoms with van der Waals surface area (Å²) in [4.78, 5) is 62.7. The van der Waals surface area contributed by atoms with Crippen LogP contribution in [0, 0.1) is 23.3 Å². The molecule has 70 heavy (non-hydrogen) atoms. The number of halogens is 4. The zero-order valence-electron chi connectivity index (χ0n) is 35.4. The second-order valence-corrected chi connectivity index (χ2v) is 14.9. The molecule has 0 aliphatic carbocycles. The Bertz CT molecular complexity index is 3640. The van der Waals surface area contributed by atoms with Crippen molar-refractivity contribution in [3.8, 4) is 57.4 Å². The minimum Gasteiger partial charge on any atom is -0.481 e. The predicted molar refractivity (Wildman–Crippen MR) is 231 cm³/mol. The predicted octanol–water partition coefficient (Wildman–Crippen LogP) is 4.86. The first-order chi connectivity index (χ1) is 33.8. The molecule has 26 heteroatoms. The lowest BCUT2D eigenvalue weighted by Gasteiger charge is -2.06. The number of aromatic amines is 2. The van der Waals surface area contributed by atoms with Gasteiger partial charge in [-0.25, -0.2) is 42.2 Å². The molecular weight excluding hydrogens is 929 g/mol. The molecule has 4 N–H and O–H groups in total. The van der Waals surface area contributed by atoms with Crippen LogP contribution in [0.25, 0.3) is 57.4 Å². The molecule has 0 radical (unpaired) electrons. The van der Waals surface area contributed by atoms with Gasteiger partial charge in [-0.2, -0.15) is 14.9 Å². The zero-order chi connectivity index (χ0) is 49.1. The molecule has 0 aliphatic heterocycles. The Morgan fingerprint density at radius 1 is 0.614 bits per heavy atom. The van der Waals surface area contributed by atoms with E-state index in [0.29, 0.717) is 33.9 Å². The lowest BCUT2D eigenvalue weighted by molar-refractivity contribution is -0.137. The monoisotopic (exact) mass is 958 g/mol. The first kappa shape index (κ1) is 45.3. The van der Waals surface area contributed by atoms with E-state index in [1.54, 1.807) is 60.7 Å². The van der Waals surface area contributed by atoms with Crippen LogP contribution in [0.3, 0.4) is 0 Å². The van der Waals surface area contributed by atoms with Crippen LogP contribution >= 0.6 is 0 Å². The van der Waals surface area contributed by atoms with Gasteiger partial charge in [-0.3, -0.25) is 38.7 Å². The number of hydrogen-bond acceptors (Lipinski definition) is 14. The quantitative estimate of drug-likeness (QED) is 0.106. The molecule has 0 spiro atoms. The van der Waals surface area contributed by atoms with Gasteiger partial charge in [-0.15, -0.1) is 0 Å². The van der Waals surface area contributed by atoms with Crippen LogP contribution in [-0.2, 0) is 35.5 Å². The summed E-state index contributed by atoms with van der Waals surface area (Å²) in [5.41, 5.74) is 1.37. The van der Waals surface area contributed by atoms with Crippen LogP contribution in [0.1, 0.15) is 22.3 Å². The highest BCUT2D eigenvalue weighted by Gasteiger charge is 2.23. The highest BCUT2D eigenvalue weighted by molar-refractivity contribution is 5.70. The number of carboxylic acids is 2. The number of nitrogens with zero attached hydrogens (tertiary/aromatic N) is 12. The van der Waals surface area contributed by atoms with Gasteiger partial charge >= 0.3 is 11.9 Å². The van der Waals surface area contributed by atoms with Gasteiger partial charge < -0.3 is 19.3 Å². The molecule has 0 bridgehead atoms. The van der Waals surface area contributed by atoms with Gasteiger partial charge in [0.05, 0.1) is 49.7 Å². The third-order valence-corrected chi connectivity index (χ3v) is 10.2. The maximum Gasteiger partial charge on any atom is 0.308 e. The smallest absolute Gasteiger partial charge is 0.308 e. The Labute approximate surface area is 386 Å². The van der Waals surface area contributed by atoms with Crippen LogP contribution in [0.4, 0.5) is 17.6 Å². The topological polar surface area (TPSA) is 289 Å². The number of benzene rings is 2. The minimum absolute atomic E-state index is 0.00719. The number of aromatic nitrogens is 14. The maximum atomic E-state index is 14.6. The minimum atomic E-state index is -1.21. The van der Waals surface area contributed by atoms with Crippen molar-refractivity contribution in [3.05, 3.63) is 176 Å². The molecule has 10 aromatic rings. The molecule has 0 saturated carbocycles. The van der Waals surface area contributed by atoms with Crippen molar-refractivity contribution < 1.29 is 46.4 Å². The molecule has 22 nitrogen and oxygen atoms in total. The molecule has 10 rings (SSSR count). The van der Waals surface area contributed by atoms with Crippen molar-refractivity contribution in [2.75, 3.05) is 0 Å². The van der Waals surface area contributed by atoms with E-state index in [1.807, 2.05) is 0 Å². The fourth-order valence-corrected chi connectivity index (χ4v) is 6.94. The number of aliphatic carboxylic acids is 2. The van der Waals surface area contributed by atoms with Gasteiger partial charge in [-0.05, 0) is 24.3 Å². The van der Waals surface area contributed by atoms with Gasteiger partial charge in [0.25, 0.3) is 11.1 Å². The molecule has 0 unspecified atom stereocenters. The summed E-state index contributed by atoms with van der Waals surface area (Å²) in [5, 5.41) is 39.5. The van der Waals surface area contributed by atoms with Gasteiger partial charge in [0.15, 0.2) is 34.9 Å². The number of carboxylic acid groups (broad SMARTS) is 2. The van der Waals surface area contributed by atoms with Crippen LogP contribution < -0.4 is 11.1 Å². The summed E-state index contributed by atoms with van der Waals surface area (Å²) in [6, 6.07) is 18.8. The van der Waals surface area contributed by atoms with Crippen molar-refractivity contribution in [1.29, 1.82) is 0 Å². The fourth-order valence-electron chi connectivity index (χ4n) is 6.94. The van der Waals surface area contributed by atoms with E-state index in [4.69, 9.17) is 19.3 Å². The third kappa shape index (κ3) is 9.52. The molecule has 0 aliphatic rings. The third-order valence-electron chi connectivity index (χ3n) is 10.2. The molecule has 8 heterocycles. The summed E-state index contributed by atoms with van der Waals surface area (Å²) in [7, 11) is 0. The first-order valence-electron chi connectivity index (χ1n) is 20.3. The normalized spacial score (nSPS) is 11.1. The van der Waals surface area contributed by atoms with Gasteiger partial charge in [0.1, 0.15) is 46.9 Å². The van der Waals surface area contributed by atoms with Crippen molar-refractivity contribution in [2.24, 2.45) is 0 Å². The largest absolute Gasteiger partial charge is 0.481 e. The SMILES string of the molecule is O=C(O)Cc1c[nH]n(-c2nc(-c3cc(-c4ccon4)n(Cc4ccccc4F)n3)ncc2F)c1=O.O=C(O)Cc1cn(-c2nc(-c3cc(-c4ccon4)n(Cc4ccccc4F)n3)ncc2F)[nH]c1=O. The number of H-pyrrole nitrogens is 2. The van der Waals surface area contributed by atoms with Crippen molar-refractivity contribution in [3.63, 3.8) is 0 Å². The second kappa shape index (κ2) is 19.1. The van der Waals surface area contributed by atoms with Gasteiger partial charge in [-0.1, -0.05) is 46.7 Å². The Balaban J connectivity index is 0.000000174. The Morgan fingerprint density at radius 3 is 1.61 bits per heavy atom. The molecule has 2 aromatic carbocycles. The summed E-state index contributed by atoms with van der Waals surface area (Å²) < 4.78 is 72.2. The number of hydrogen-bond donors (Lipinski definition) is 4. The van der Waals surface area contributed by atoms with Gasteiger partial charge in [0.2, 0.25) is 0 Å². The summed E-state index contributed by atoms with van der Waals surface area (Å²) in [6.07, 6.45) is 5.76. The maximum absolute atomic E-state index is 14.6. The Morgan fingerprint density at radius 2 is 1.11 bits per heavy atom. The Hall–Kier alpha value is -9.88. The fraction of sp³-hybridized carbons (Fsp3) is 0.0909. The van der Waals surface area contributed by atoms with Crippen LogP contribution in [0.5, 0.6) is 0 Å². The standard InChI is InChI=1S/2C22H15F2N7O4/c23-14-4-2-1-3-12(14)11-30-18(16-5-6-35-29-16)8-17(28-30)20-25-10-15(24)21(27-20)31-22(34)13(9-26-31)7-19(32)33;23-14-4-2-1-3-12(14)10-30-18(16-5-6-35-29-16)8-17(27-30)20-25-9-15(24)21(26-20)31-11-13(7-19(32)33)22(34)28-31/h1-6,8-10,26H,7,11H2,(H,32,33);1-6,8-9,11H,7,10H2,(H,28,34)(H,32,33).